The Kier molecular flexibility index (Phi) is 11.6. The number of nitrogens with two attached hydrogens (primary N) is 1. The van der Waals surface area contributed by atoms with Gasteiger partial charge in [-0.25, -0.2) is 0 Å². The Morgan fingerprint density at radius 2 is 2.14 bits per heavy atom. The fraction of sp³-hybridized carbons (Fsp3) is 0.320. The minimum Gasteiger partial charge on any atom is -0.495 e. The summed E-state index contributed by atoms with van der Waals surface area (Å²) in [5, 5.41) is 0. The number of nitrogens with zero attached hydrogens (tertiary/aromatic N) is 3. The Hall–Kier alpha value is -3.21. The Labute approximate surface area is 213 Å². The number of halogens is 4. The molecule has 0 aliphatic heterocycles. The van der Waals surface area contributed by atoms with Crippen molar-refractivity contribution in [2.45, 2.75) is 32.2 Å². The quantitative estimate of drug-likeness (QED) is 0.225. The predicted octanol–water partition coefficient (Wildman–Crippen LogP) is 5.38. The lowest BCUT2D eigenvalue weighted by atomic mass is 10.00. The number of pyridine rings is 1. The van der Waals surface area contributed by atoms with Crippen LogP contribution in [0, 0.1) is 6.92 Å². The minimum atomic E-state index is -4.45. The molecule has 1 aromatic rings. The van der Waals surface area contributed by atoms with Gasteiger partial charge in [0.1, 0.15) is 12.4 Å². The van der Waals surface area contributed by atoms with Crippen LogP contribution in [0.25, 0.3) is 0 Å². The highest BCUT2D eigenvalue weighted by molar-refractivity contribution is 6.56. The number of hydrogen-bond acceptors (Lipinski definition) is 7. The number of alkyl halides is 3. The largest absolute Gasteiger partial charge is 0.495 e. The van der Waals surface area contributed by atoms with Gasteiger partial charge in [0.15, 0.2) is 0 Å². The lowest BCUT2D eigenvalue weighted by molar-refractivity contribution is -0.137. The number of hydrogen-bond donors (Lipinski definition) is 1. The second-order valence-corrected chi connectivity index (χ2v) is 7.66. The smallest absolute Gasteiger partial charge is 0.417 e. The van der Waals surface area contributed by atoms with E-state index < -0.39 is 17.8 Å². The molecule has 1 aliphatic carbocycles. The van der Waals surface area contributed by atoms with Gasteiger partial charge in [0.05, 0.1) is 41.9 Å². The van der Waals surface area contributed by atoms with Crippen molar-refractivity contribution >= 4 is 23.5 Å². The number of aryl methyl sites for hydroxylation is 1. The zero-order valence-corrected chi connectivity index (χ0v) is 20.7. The molecule has 1 atom stereocenters. The zero-order valence-electron chi connectivity index (χ0n) is 20.0. The van der Waals surface area contributed by atoms with E-state index in [2.05, 4.69) is 21.5 Å². The first kappa shape index (κ1) is 29.0. The second kappa shape index (κ2) is 14.4. The van der Waals surface area contributed by atoms with Crippen molar-refractivity contribution in [3.05, 3.63) is 88.9 Å². The van der Waals surface area contributed by atoms with Gasteiger partial charge in [-0.2, -0.15) is 13.2 Å². The lowest BCUT2D eigenvalue weighted by Crippen LogP contribution is -2.19. The summed E-state index contributed by atoms with van der Waals surface area (Å²) >= 11 is 5.46. The Bertz CT molecular complexity index is 1090. The number of aliphatic imine (C=N–C) groups is 2. The van der Waals surface area contributed by atoms with E-state index >= 15 is 0 Å². The molecule has 0 saturated carbocycles. The van der Waals surface area contributed by atoms with E-state index in [-0.39, 0.29) is 6.61 Å². The normalized spacial score (nSPS) is 17.4. The summed E-state index contributed by atoms with van der Waals surface area (Å²) < 4.78 is 55.6. The lowest BCUT2D eigenvalue weighted by Gasteiger charge is -2.23. The maximum Gasteiger partial charge on any atom is 0.417 e. The van der Waals surface area contributed by atoms with Crippen molar-refractivity contribution < 1.29 is 27.4 Å². The second-order valence-electron chi connectivity index (χ2n) is 7.47. The van der Waals surface area contributed by atoms with Crippen LogP contribution in [0.4, 0.5) is 13.2 Å². The van der Waals surface area contributed by atoms with Crippen molar-refractivity contribution in [1.82, 2.24) is 4.98 Å². The number of rotatable bonds is 12. The van der Waals surface area contributed by atoms with Crippen LogP contribution in [0.3, 0.4) is 0 Å². The maximum atomic E-state index is 12.9. The molecule has 11 heteroatoms. The molecule has 0 aromatic carbocycles. The zero-order chi connectivity index (χ0) is 26.6. The summed E-state index contributed by atoms with van der Waals surface area (Å²) in [6.45, 7) is 5.96. The predicted molar refractivity (Wildman–Crippen MR) is 135 cm³/mol. The van der Waals surface area contributed by atoms with Gasteiger partial charge in [0, 0.05) is 49.5 Å². The maximum absolute atomic E-state index is 12.9. The van der Waals surface area contributed by atoms with E-state index in [1.807, 2.05) is 0 Å². The van der Waals surface area contributed by atoms with Crippen LogP contribution >= 0.6 is 11.6 Å². The first-order valence-corrected chi connectivity index (χ1v) is 11.2. The first-order valence-electron chi connectivity index (χ1n) is 10.8. The molecule has 0 fully saturated rings. The highest BCUT2D eigenvalue weighted by Crippen LogP contribution is 2.31. The monoisotopic (exact) mass is 524 g/mol. The van der Waals surface area contributed by atoms with Crippen molar-refractivity contribution in [2.75, 3.05) is 20.3 Å². The minimum absolute atomic E-state index is 0.0337. The number of ether oxygens (including phenoxy) is 3. The third-order valence-electron chi connectivity index (χ3n) is 4.98. The average molecular weight is 525 g/mol. The van der Waals surface area contributed by atoms with Crippen molar-refractivity contribution in [3.8, 4) is 0 Å². The van der Waals surface area contributed by atoms with Crippen molar-refractivity contribution in [2.24, 2.45) is 15.7 Å². The van der Waals surface area contributed by atoms with Gasteiger partial charge in [0.25, 0.3) is 0 Å². The van der Waals surface area contributed by atoms with E-state index in [4.69, 9.17) is 31.5 Å². The molecular formula is C25H28ClF3N4O3. The van der Waals surface area contributed by atoms with E-state index in [9.17, 15) is 13.2 Å². The Morgan fingerprint density at radius 3 is 2.75 bits per heavy atom. The van der Waals surface area contributed by atoms with Crippen molar-refractivity contribution in [1.29, 1.82) is 0 Å². The average Bonchev–Trinajstić information content (AvgIpc) is 2.85. The standard InChI is InChI=1S/C25H28ClF3N4O3/c1-4-18(12-31-16-26)13-32-22(11-30)21-6-5-20(10-24(21)35-8-7-34-3)36-15-23-17(2)9-19(14-33-23)25(27,28)29/h4-6,9,11-14,16,20H,1,7-8,10,15,30H2,2-3H3/b18-12+,22-11-,31-16?,32-13+/t20-/m0/s1. The van der Waals surface area contributed by atoms with Crippen LogP contribution in [0.2, 0.25) is 0 Å². The number of aromatic nitrogens is 1. The molecule has 2 rings (SSSR count). The molecule has 36 heavy (non-hydrogen) atoms. The fourth-order valence-electron chi connectivity index (χ4n) is 3.08. The van der Waals surface area contributed by atoms with Gasteiger partial charge in [0.2, 0.25) is 0 Å². The molecule has 0 spiro atoms. The molecule has 0 bridgehead atoms. The molecule has 7 nitrogen and oxygen atoms in total. The highest BCUT2D eigenvalue weighted by atomic mass is 35.5. The molecule has 2 N–H and O–H groups in total. The summed E-state index contributed by atoms with van der Waals surface area (Å²) in [4.78, 5) is 12.2. The number of allylic oxidation sites excluding steroid dienone is 3. The molecule has 0 amide bonds. The third-order valence-corrected chi connectivity index (χ3v) is 5.09. The molecule has 0 unspecified atom stereocenters. The first-order chi connectivity index (χ1) is 17.2. The number of methoxy groups -OCH3 is 1. The topological polar surface area (TPSA) is 91.3 Å². The Morgan fingerprint density at radius 1 is 1.36 bits per heavy atom. The summed E-state index contributed by atoms with van der Waals surface area (Å²) in [5.74, 6) is 0.577. The van der Waals surface area contributed by atoms with E-state index in [1.165, 1.54) is 18.6 Å². The summed E-state index contributed by atoms with van der Waals surface area (Å²) in [6.07, 6.45) is 5.80. The van der Waals surface area contributed by atoms with E-state index in [0.29, 0.717) is 53.5 Å². The fourth-order valence-corrected chi connectivity index (χ4v) is 3.14. The summed E-state index contributed by atoms with van der Waals surface area (Å²) in [6, 6.07) is 1.06. The van der Waals surface area contributed by atoms with Crippen LogP contribution < -0.4 is 5.73 Å². The van der Waals surface area contributed by atoms with Gasteiger partial charge in [-0.15, -0.1) is 0 Å². The summed E-state index contributed by atoms with van der Waals surface area (Å²) in [7, 11) is 1.56. The van der Waals surface area contributed by atoms with Gasteiger partial charge in [-0.05, 0) is 18.6 Å². The van der Waals surface area contributed by atoms with Crippen LogP contribution in [0.15, 0.2) is 82.1 Å². The highest BCUT2D eigenvalue weighted by Gasteiger charge is 2.31. The van der Waals surface area contributed by atoms with Gasteiger partial charge >= 0.3 is 6.18 Å². The molecule has 1 aromatic heterocycles. The van der Waals surface area contributed by atoms with Gasteiger partial charge < -0.3 is 19.9 Å². The molecule has 0 saturated heterocycles. The molecule has 0 radical (unpaired) electrons. The molecule has 1 heterocycles. The van der Waals surface area contributed by atoms with Gasteiger partial charge in [-0.3, -0.25) is 15.0 Å². The molecule has 1 aliphatic rings. The van der Waals surface area contributed by atoms with E-state index in [0.717, 1.165) is 17.9 Å². The van der Waals surface area contributed by atoms with Crippen LogP contribution in [-0.4, -0.2) is 43.3 Å². The SMILES string of the molecule is C=CC(/C=N/C(=C\N)C1=C(OCCOC)C[C@@H](OCc2ncc(C(F)(F)F)cc2C)C=C1)=C\N=CCl. The van der Waals surface area contributed by atoms with Crippen LogP contribution in [-0.2, 0) is 27.0 Å². The Balaban J connectivity index is 2.19. The molecule has 194 valence electrons. The van der Waals surface area contributed by atoms with Crippen LogP contribution in [0.1, 0.15) is 23.2 Å². The molecular weight excluding hydrogens is 497 g/mol. The summed E-state index contributed by atoms with van der Waals surface area (Å²) in [5.41, 5.74) is 8.67. The van der Waals surface area contributed by atoms with Crippen molar-refractivity contribution in [3.63, 3.8) is 0 Å². The van der Waals surface area contributed by atoms with E-state index in [1.54, 1.807) is 32.3 Å². The van der Waals surface area contributed by atoms with Crippen LogP contribution in [0.5, 0.6) is 0 Å². The van der Waals surface area contributed by atoms with Gasteiger partial charge in [-0.1, -0.05) is 36.4 Å². The third kappa shape index (κ3) is 8.78.